The summed E-state index contributed by atoms with van der Waals surface area (Å²) < 4.78 is 13.9. The molecule has 0 radical (unpaired) electrons. The number of halogens is 3. The first kappa shape index (κ1) is 22.2. The highest BCUT2D eigenvalue weighted by molar-refractivity contribution is 14.0. The number of benzene rings is 2. The molecular formula is C19H21ClFIN4. The van der Waals surface area contributed by atoms with Gasteiger partial charge in [0.15, 0.2) is 5.96 Å². The first-order valence-electron chi connectivity index (χ1n) is 8.02. The minimum atomic E-state index is -0.374. The lowest BCUT2D eigenvalue weighted by atomic mass is 10.1. The first-order chi connectivity index (χ1) is 12.0. The molecule has 0 amide bonds. The van der Waals surface area contributed by atoms with Crippen LogP contribution in [0.5, 0.6) is 0 Å². The van der Waals surface area contributed by atoms with Gasteiger partial charge in [0, 0.05) is 17.1 Å². The third-order valence-corrected chi connectivity index (χ3v) is 3.86. The van der Waals surface area contributed by atoms with E-state index in [4.69, 9.17) is 16.9 Å². The predicted octanol–water partition coefficient (Wildman–Crippen LogP) is 4.79. The van der Waals surface area contributed by atoms with Crippen molar-refractivity contribution in [1.29, 1.82) is 5.26 Å². The van der Waals surface area contributed by atoms with E-state index in [1.165, 1.54) is 18.2 Å². The molecule has 0 aliphatic rings. The summed E-state index contributed by atoms with van der Waals surface area (Å²) in [5, 5.41) is 16.0. The number of rotatable bonds is 5. The molecule has 26 heavy (non-hydrogen) atoms. The van der Waals surface area contributed by atoms with Crippen LogP contribution in [0.1, 0.15) is 36.6 Å². The van der Waals surface area contributed by atoms with E-state index in [9.17, 15) is 4.39 Å². The molecule has 2 N–H and O–H groups in total. The minimum Gasteiger partial charge on any atom is -0.357 e. The molecule has 0 spiro atoms. The Kier molecular flexibility index (Phi) is 9.38. The number of nitriles is 1. The van der Waals surface area contributed by atoms with Crippen LogP contribution in [-0.4, -0.2) is 12.5 Å². The van der Waals surface area contributed by atoms with E-state index < -0.39 is 0 Å². The molecule has 0 bridgehead atoms. The van der Waals surface area contributed by atoms with Crippen LogP contribution in [0.4, 0.5) is 4.39 Å². The Hall–Kier alpha value is -1.85. The fourth-order valence-corrected chi connectivity index (χ4v) is 2.51. The van der Waals surface area contributed by atoms with Crippen molar-refractivity contribution >= 4 is 41.5 Å². The number of hydrogen-bond acceptors (Lipinski definition) is 2. The van der Waals surface area contributed by atoms with Crippen LogP contribution in [0, 0.1) is 17.1 Å². The second-order valence-corrected chi connectivity index (χ2v) is 5.97. The van der Waals surface area contributed by atoms with Crippen molar-refractivity contribution in [2.45, 2.75) is 26.4 Å². The second kappa shape index (κ2) is 11.0. The number of hydrogen-bond donors (Lipinski definition) is 2. The number of nitrogens with zero attached hydrogens (tertiary/aromatic N) is 2. The van der Waals surface area contributed by atoms with Crippen LogP contribution in [-0.2, 0) is 6.54 Å². The van der Waals surface area contributed by atoms with Crippen LogP contribution in [0.25, 0.3) is 0 Å². The van der Waals surface area contributed by atoms with Gasteiger partial charge >= 0.3 is 0 Å². The van der Waals surface area contributed by atoms with Gasteiger partial charge in [0.2, 0.25) is 0 Å². The molecule has 2 aromatic carbocycles. The van der Waals surface area contributed by atoms with Crippen molar-refractivity contribution in [3.05, 3.63) is 70.0 Å². The molecule has 2 rings (SSSR count). The van der Waals surface area contributed by atoms with Gasteiger partial charge in [0.25, 0.3) is 0 Å². The fraction of sp³-hybridized carbons (Fsp3) is 0.263. The molecule has 138 valence electrons. The van der Waals surface area contributed by atoms with Gasteiger partial charge in [-0.1, -0.05) is 23.7 Å². The zero-order valence-electron chi connectivity index (χ0n) is 14.6. The lowest BCUT2D eigenvalue weighted by Crippen LogP contribution is -2.38. The third kappa shape index (κ3) is 6.46. The Bertz CT molecular complexity index is 804. The van der Waals surface area contributed by atoms with Crippen LogP contribution >= 0.6 is 35.6 Å². The number of guanidine groups is 1. The highest BCUT2D eigenvalue weighted by Gasteiger charge is 2.09. The fourth-order valence-electron chi connectivity index (χ4n) is 2.31. The second-order valence-electron chi connectivity index (χ2n) is 5.53. The van der Waals surface area contributed by atoms with E-state index in [2.05, 4.69) is 15.6 Å². The highest BCUT2D eigenvalue weighted by Crippen LogP contribution is 2.17. The van der Waals surface area contributed by atoms with Gasteiger partial charge in [0.1, 0.15) is 5.82 Å². The highest BCUT2D eigenvalue weighted by atomic mass is 127. The van der Waals surface area contributed by atoms with E-state index in [1.54, 1.807) is 0 Å². The summed E-state index contributed by atoms with van der Waals surface area (Å²) in [7, 11) is 0. The zero-order valence-corrected chi connectivity index (χ0v) is 17.7. The summed E-state index contributed by atoms with van der Waals surface area (Å²) in [5.41, 5.74) is 1.82. The van der Waals surface area contributed by atoms with Crippen molar-refractivity contribution in [2.75, 3.05) is 6.54 Å². The summed E-state index contributed by atoms with van der Waals surface area (Å²) in [6, 6.07) is 13.8. The third-order valence-electron chi connectivity index (χ3n) is 3.63. The van der Waals surface area contributed by atoms with Crippen molar-refractivity contribution in [2.24, 2.45) is 4.99 Å². The topological polar surface area (TPSA) is 60.2 Å². The van der Waals surface area contributed by atoms with Gasteiger partial charge in [0.05, 0.1) is 24.2 Å². The lowest BCUT2D eigenvalue weighted by Gasteiger charge is -2.18. The Morgan fingerprint density at radius 1 is 1.31 bits per heavy atom. The van der Waals surface area contributed by atoms with Crippen LogP contribution in [0.15, 0.2) is 47.5 Å². The molecule has 4 nitrogen and oxygen atoms in total. The maximum Gasteiger partial charge on any atom is 0.192 e. The number of nitrogens with one attached hydrogen (secondary N) is 2. The van der Waals surface area contributed by atoms with Gasteiger partial charge < -0.3 is 10.6 Å². The normalized spacial score (nSPS) is 11.9. The van der Waals surface area contributed by atoms with Gasteiger partial charge in [-0.15, -0.1) is 24.0 Å². The van der Waals surface area contributed by atoms with E-state index in [0.717, 1.165) is 5.56 Å². The average Bonchev–Trinajstić information content (AvgIpc) is 2.61. The van der Waals surface area contributed by atoms with Crippen molar-refractivity contribution < 1.29 is 4.39 Å². The molecule has 0 fully saturated rings. The summed E-state index contributed by atoms with van der Waals surface area (Å²) >= 11 is 6.03. The molecular weight excluding hydrogens is 466 g/mol. The molecule has 0 heterocycles. The quantitative estimate of drug-likeness (QED) is 0.363. The summed E-state index contributed by atoms with van der Waals surface area (Å²) in [4.78, 5) is 4.42. The van der Waals surface area contributed by atoms with Crippen LogP contribution in [0.2, 0.25) is 5.02 Å². The maximum absolute atomic E-state index is 13.9. The molecule has 0 aromatic heterocycles. The molecule has 0 saturated carbocycles. The molecule has 1 unspecified atom stereocenters. The van der Waals surface area contributed by atoms with Crippen LogP contribution in [0.3, 0.4) is 0 Å². The smallest absolute Gasteiger partial charge is 0.192 e. The molecule has 7 heteroatoms. The standard InChI is InChI=1S/C19H20ClFN4.HI/c1-3-23-19(25-13(2)15-5-4-6-17(20)10-15)24-12-16-9-14(11-22)7-8-18(16)21;/h4-10,13H,3,12H2,1-2H3,(H2,23,24,25);1H. The van der Waals surface area contributed by atoms with E-state index in [0.29, 0.717) is 28.7 Å². The predicted molar refractivity (Wildman–Crippen MR) is 114 cm³/mol. The van der Waals surface area contributed by atoms with Gasteiger partial charge in [-0.05, 0) is 49.7 Å². The van der Waals surface area contributed by atoms with Crippen molar-refractivity contribution in [3.63, 3.8) is 0 Å². The Labute approximate surface area is 175 Å². The molecule has 0 aliphatic carbocycles. The van der Waals surface area contributed by atoms with Crippen molar-refractivity contribution in [3.8, 4) is 6.07 Å². The monoisotopic (exact) mass is 486 g/mol. The van der Waals surface area contributed by atoms with Gasteiger partial charge in [-0.2, -0.15) is 5.26 Å². The zero-order chi connectivity index (χ0) is 18.2. The molecule has 2 aromatic rings. The molecule has 0 aliphatic heterocycles. The Morgan fingerprint density at radius 2 is 2.08 bits per heavy atom. The van der Waals surface area contributed by atoms with E-state index in [1.807, 2.05) is 44.2 Å². The van der Waals surface area contributed by atoms with Gasteiger partial charge in [-0.25, -0.2) is 9.38 Å². The molecule has 1 atom stereocenters. The Morgan fingerprint density at radius 3 is 2.73 bits per heavy atom. The lowest BCUT2D eigenvalue weighted by molar-refractivity contribution is 0.609. The largest absolute Gasteiger partial charge is 0.357 e. The maximum atomic E-state index is 13.9. The van der Waals surface area contributed by atoms with E-state index >= 15 is 0 Å². The van der Waals surface area contributed by atoms with Crippen molar-refractivity contribution in [1.82, 2.24) is 10.6 Å². The van der Waals surface area contributed by atoms with Crippen LogP contribution < -0.4 is 10.6 Å². The van der Waals surface area contributed by atoms with Gasteiger partial charge in [-0.3, -0.25) is 0 Å². The minimum absolute atomic E-state index is 0. The SMILES string of the molecule is CCNC(=NCc1cc(C#N)ccc1F)NC(C)c1cccc(Cl)c1.I. The Balaban J connectivity index is 0.00000338. The first-order valence-corrected chi connectivity index (χ1v) is 8.40. The number of aliphatic imine (C=N–C) groups is 1. The summed E-state index contributed by atoms with van der Waals surface area (Å²) in [6.45, 7) is 4.77. The summed E-state index contributed by atoms with van der Waals surface area (Å²) in [6.07, 6.45) is 0. The average molecular weight is 487 g/mol. The molecule has 0 saturated heterocycles. The van der Waals surface area contributed by atoms with E-state index in [-0.39, 0.29) is 42.4 Å². The summed E-state index contributed by atoms with van der Waals surface area (Å²) in [5.74, 6) is 0.193.